The highest BCUT2D eigenvalue weighted by Gasteiger charge is 2.47. The number of thioether (sulfide) groups is 2. The third-order valence-corrected chi connectivity index (χ3v) is 12.4. The number of carbonyl (C=O) groups is 1. The van der Waals surface area contributed by atoms with Crippen LogP contribution in [0.25, 0.3) is 0 Å². The monoisotopic (exact) mass is 486 g/mol. The fourth-order valence-corrected chi connectivity index (χ4v) is 10.1. The number of hydrogen-bond donors (Lipinski definition) is 1. The van der Waals surface area contributed by atoms with Gasteiger partial charge in [-0.3, -0.25) is 13.9 Å². The highest BCUT2D eigenvalue weighted by molar-refractivity contribution is 8.41. The lowest BCUT2D eigenvalue weighted by Gasteiger charge is -2.41. The Bertz CT molecular complexity index is 623. The van der Waals surface area contributed by atoms with Gasteiger partial charge in [0.2, 0.25) is 12.1 Å². The molecule has 0 bridgehead atoms. The lowest BCUT2D eigenvalue weighted by molar-refractivity contribution is -0.666. The molecule has 1 amide bonds. The molecule has 3 rings (SSSR count). The van der Waals surface area contributed by atoms with Crippen molar-refractivity contribution in [3.63, 3.8) is 0 Å². The Morgan fingerprint density at radius 2 is 1.89 bits per heavy atom. The molecule has 7 nitrogen and oxygen atoms in total. The van der Waals surface area contributed by atoms with E-state index in [2.05, 4.69) is 19.0 Å². The molecule has 1 atom stereocenters. The van der Waals surface area contributed by atoms with E-state index in [0.717, 1.165) is 32.8 Å². The van der Waals surface area contributed by atoms with Gasteiger partial charge in [-0.1, -0.05) is 48.9 Å². The molecule has 2 heterocycles. The van der Waals surface area contributed by atoms with Crippen LogP contribution in [0.1, 0.15) is 46.0 Å². The predicted octanol–water partition coefficient (Wildman–Crippen LogP) is 3.88. The summed E-state index contributed by atoms with van der Waals surface area (Å²) >= 11 is 10.5. The first-order valence-corrected chi connectivity index (χ1v) is 14.9. The van der Waals surface area contributed by atoms with Gasteiger partial charge in [-0.2, -0.15) is 4.08 Å². The minimum Gasteiger partial charge on any atom is -0.295 e. The van der Waals surface area contributed by atoms with E-state index in [1.807, 2.05) is 0 Å². The van der Waals surface area contributed by atoms with Crippen LogP contribution in [-0.2, 0) is 25.7 Å². The van der Waals surface area contributed by atoms with Gasteiger partial charge >= 0.3 is 12.7 Å². The van der Waals surface area contributed by atoms with E-state index >= 15 is 0 Å². The Labute approximate surface area is 185 Å². The first-order valence-electron chi connectivity index (χ1n) is 9.52. The van der Waals surface area contributed by atoms with Crippen LogP contribution in [0.3, 0.4) is 0 Å². The van der Waals surface area contributed by atoms with Crippen molar-refractivity contribution in [2.45, 2.75) is 52.0 Å². The summed E-state index contributed by atoms with van der Waals surface area (Å²) in [5, 5.41) is 3.96. The number of nitrogens with one attached hydrogen (secondary N) is 1. The first kappa shape index (κ1) is 23.2. The van der Waals surface area contributed by atoms with Gasteiger partial charge in [0, 0.05) is 48.6 Å². The number of hydrogen-bond acceptors (Lipinski definition) is 9. The molecule has 2 aliphatic heterocycles. The zero-order chi connectivity index (χ0) is 20.2. The molecule has 1 N–H and O–H groups in total. The van der Waals surface area contributed by atoms with E-state index in [1.54, 1.807) is 30.6 Å². The van der Waals surface area contributed by atoms with Crippen LogP contribution in [0, 0.1) is 5.41 Å². The molecule has 2 saturated heterocycles. The summed E-state index contributed by atoms with van der Waals surface area (Å²) < 4.78 is 15.6. The molecule has 0 aromatic rings. The lowest BCUT2D eigenvalue weighted by Crippen LogP contribution is -3.06. The van der Waals surface area contributed by atoms with Gasteiger partial charge in [-0.25, -0.2) is 9.10 Å². The molecule has 1 unspecified atom stereocenters. The van der Waals surface area contributed by atoms with Crippen LogP contribution in [0.2, 0.25) is 0 Å². The predicted molar refractivity (Wildman–Crippen MR) is 122 cm³/mol. The molecule has 1 aliphatic carbocycles. The zero-order valence-electron chi connectivity index (χ0n) is 16.5. The van der Waals surface area contributed by atoms with E-state index in [9.17, 15) is 4.79 Å². The second-order valence-corrected chi connectivity index (χ2v) is 15.2. The van der Waals surface area contributed by atoms with Crippen molar-refractivity contribution in [2.75, 3.05) is 31.8 Å². The van der Waals surface area contributed by atoms with Gasteiger partial charge in [0.05, 0.1) is 13.2 Å². The van der Waals surface area contributed by atoms with Crippen LogP contribution in [-0.4, -0.2) is 52.6 Å². The van der Waals surface area contributed by atoms with Crippen LogP contribution in [0.4, 0.5) is 4.79 Å². The van der Waals surface area contributed by atoms with E-state index in [4.69, 9.17) is 25.7 Å². The molecule has 160 valence electrons. The molecule has 3 fully saturated rings. The Kier molecular flexibility index (Phi) is 8.46. The summed E-state index contributed by atoms with van der Waals surface area (Å²) in [6, 6.07) is 0.313. The maximum absolute atomic E-state index is 12.4. The Morgan fingerprint density at radius 3 is 2.50 bits per heavy atom. The van der Waals surface area contributed by atoms with E-state index < -0.39 is 12.7 Å². The number of nitrogens with zero attached hydrogens (tertiary/aromatic N) is 2. The zero-order valence-corrected chi connectivity index (χ0v) is 20.7. The smallest absolute Gasteiger partial charge is 0.295 e. The average Bonchev–Trinajstić information content (AvgIpc) is 3.21. The Hall–Kier alpha value is 0.520. The fourth-order valence-electron chi connectivity index (χ4n) is 3.09. The number of quaternary nitrogens is 1. The van der Waals surface area contributed by atoms with Gasteiger partial charge < -0.3 is 0 Å². The van der Waals surface area contributed by atoms with Crippen molar-refractivity contribution in [3.05, 3.63) is 0 Å². The van der Waals surface area contributed by atoms with Crippen molar-refractivity contribution in [3.8, 4) is 0 Å². The van der Waals surface area contributed by atoms with Gasteiger partial charge in [-0.05, 0) is 12.8 Å². The lowest BCUT2D eigenvalue weighted by atomic mass is 9.96. The number of oxime groups is 1. The number of carbonyl (C=O) groups excluding carboxylic acids is 1. The summed E-state index contributed by atoms with van der Waals surface area (Å²) in [4.78, 5) is 17.6. The molecule has 3 aliphatic rings. The van der Waals surface area contributed by atoms with Crippen molar-refractivity contribution in [1.82, 2.24) is 4.31 Å². The van der Waals surface area contributed by atoms with Gasteiger partial charge in [0.15, 0.2) is 4.38 Å². The SMILES string of the molecule is CN(S[NH+](C1CCCCC1)P1(=S)OCC(C)(C)CO1)C(=O)ON=C1SCCS1. The van der Waals surface area contributed by atoms with Crippen LogP contribution >= 0.6 is 42.3 Å². The maximum Gasteiger partial charge on any atom is 0.449 e. The van der Waals surface area contributed by atoms with Crippen molar-refractivity contribution >= 4 is 64.6 Å². The summed E-state index contributed by atoms with van der Waals surface area (Å²) in [6.07, 6.45) is 5.22. The molecule has 0 aromatic heterocycles. The molecular weight excluding hydrogens is 457 g/mol. The minimum absolute atomic E-state index is 0.0395. The Morgan fingerprint density at radius 1 is 1.29 bits per heavy atom. The van der Waals surface area contributed by atoms with Crippen LogP contribution in [0.15, 0.2) is 5.16 Å². The highest BCUT2D eigenvalue weighted by Crippen LogP contribution is 2.49. The van der Waals surface area contributed by atoms with E-state index in [1.165, 1.54) is 35.7 Å². The molecule has 28 heavy (non-hydrogen) atoms. The second-order valence-electron chi connectivity index (χ2n) is 7.88. The maximum atomic E-state index is 12.4. The molecule has 1 saturated carbocycles. The topological polar surface area (TPSA) is 64.8 Å². The van der Waals surface area contributed by atoms with Gasteiger partial charge in [0.1, 0.15) is 6.04 Å². The average molecular weight is 487 g/mol. The normalized spacial score (nSPS) is 25.9. The van der Waals surface area contributed by atoms with Crippen molar-refractivity contribution in [2.24, 2.45) is 10.6 Å². The summed E-state index contributed by atoms with van der Waals surface area (Å²) in [5.74, 6) is 2.00. The van der Waals surface area contributed by atoms with Gasteiger partial charge in [0.25, 0.3) is 0 Å². The fraction of sp³-hybridized carbons (Fsp3) is 0.875. The number of rotatable bonds is 5. The third kappa shape index (κ3) is 6.26. The summed E-state index contributed by atoms with van der Waals surface area (Å²) in [6.45, 7) is 2.80. The molecule has 0 aromatic carbocycles. The standard InChI is InChI=1S/C16H28N3O4PS4/c1-16(2)11-21-24(25,22-12-16)19(13-7-5-4-6-8-13)28-18(3)15(20)23-17-14-26-9-10-27-14/h13H,4-12H2,1-3H3/p+1. The second kappa shape index (κ2) is 10.2. The minimum atomic E-state index is -2.59. The van der Waals surface area contributed by atoms with Crippen molar-refractivity contribution in [1.29, 1.82) is 0 Å². The molecule has 12 heteroatoms. The number of amides is 1. The summed E-state index contributed by atoms with van der Waals surface area (Å²) in [7, 11) is 1.69. The Balaban J connectivity index is 1.67. The quantitative estimate of drug-likeness (QED) is 0.272. The highest BCUT2D eigenvalue weighted by atomic mass is 32.5. The first-order chi connectivity index (χ1) is 13.3. The van der Waals surface area contributed by atoms with Gasteiger partial charge in [-0.15, -0.1) is 0 Å². The van der Waals surface area contributed by atoms with E-state index in [0.29, 0.717) is 19.3 Å². The van der Waals surface area contributed by atoms with Crippen LogP contribution < -0.4 is 4.08 Å². The largest absolute Gasteiger partial charge is 0.449 e. The van der Waals surface area contributed by atoms with Crippen LogP contribution in [0.5, 0.6) is 0 Å². The summed E-state index contributed by atoms with van der Waals surface area (Å²) in [5.41, 5.74) is -0.0395. The molecular formula is C16H29N3O4PS4+. The third-order valence-electron chi connectivity index (χ3n) is 4.70. The van der Waals surface area contributed by atoms with Crippen molar-refractivity contribution < 1.29 is 22.8 Å². The molecule has 0 radical (unpaired) electrons. The molecule has 0 spiro atoms. The van der Waals surface area contributed by atoms with E-state index in [-0.39, 0.29) is 5.41 Å².